The van der Waals surface area contributed by atoms with Gasteiger partial charge in [-0.3, -0.25) is 9.59 Å². The van der Waals surface area contributed by atoms with E-state index in [1.165, 1.54) is 13.0 Å². The molecule has 0 spiro atoms. The SMILES string of the molecule is C=C(CC(O)C=C(C)C(=O)O)C1CC(O)C2(C)C3=C(C(=O)CC12C)C1(C)CCC(=O)C(C)(C)C1CC3O. The molecule has 2 fully saturated rings. The van der Waals surface area contributed by atoms with Gasteiger partial charge in [-0.1, -0.05) is 46.8 Å². The lowest BCUT2D eigenvalue weighted by molar-refractivity contribution is -0.145. The van der Waals surface area contributed by atoms with Crippen molar-refractivity contribution in [1.82, 2.24) is 0 Å². The Morgan fingerprint density at radius 3 is 2.35 bits per heavy atom. The van der Waals surface area contributed by atoms with Gasteiger partial charge in [-0.05, 0) is 61.5 Å². The molecule has 0 bridgehead atoms. The zero-order valence-corrected chi connectivity index (χ0v) is 22.9. The highest BCUT2D eigenvalue weighted by atomic mass is 16.4. The molecule has 0 aromatic heterocycles. The molecule has 4 aliphatic rings. The summed E-state index contributed by atoms with van der Waals surface area (Å²) >= 11 is 0. The number of carboxylic acid groups (broad SMARTS) is 1. The van der Waals surface area contributed by atoms with Gasteiger partial charge in [0.05, 0.1) is 18.3 Å². The van der Waals surface area contributed by atoms with E-state index < -0.39 is 45.9 Å². The van der Waals surface area contributed by atoms with E-state index in [1.54, 1.807) is 0 Å². The van der Waals surface area contributed by atoms with Crippen molar-refractivity contribution in [3.8, 4) is 0 Å². The van der Waals surface area contributed by atoms with Crippen LogP contribution in [-0.4, -0.2) is 56.3 Å². The average Bonchev–Trinajstić information content (AvgIpc) is 2.99. The Kier molecular flexibility index (Phi) is 6.58. The zero-order chi connectivity index (χ0) is 27.9. The molecule has 0 heterocycles. The minimum absolute atomic E-state index is 0.0347. The van der Waals surface area contributed by atoms with Crippen molar-refractivity contribution < 1.29 is 34.8 Å². The van der Waals surface area contributed by atoms with Gasteiger partial charge in [0.1, 0.15) is 5.78 Å². The fourth-order valence-electron chi connectivity index (χ4n) is 8.73. The van der Waals surface area contributed by atoms with Crippen molar-refractivity contribution in [2.75, 3.05) is 0 Å². The summed E-state index contributed by atoms with van der Waals surface area (Å²) < 4.78 is 0. The molecule has 37 heavy (non-hydrogen) atoms. The molecule has 0 aliphatic heterocycles. The molecule has 4 aliphatic carbocycles. The lowest BCUT2D eigenvalue weighted by Crippen LogP contribution is -2.60. The number of carbonyl (C=O) groups is 3. The van der Waals surface area contributed by atoms with Crippen LogP contribution in [0.4, 0.5) is 0 Å². The Morgan fingerprint density at radius 2 is 1.76 bits per heavy atom. The summed E-state index contributed by atoms with van der Waals surface area (Å²) in [6, 6.07) is 0. The van der Waals surface area contributed by atoms with Gasteiger partial charge >= 0.3 is 5.97 Å². The first-order valence-corrected chi connectivity index (χ1v) is 13.4. The quantitative estimate of drug-likeness (QED) is 0.324. The predicted octanol–water partition coefficient (Wildman–Crippen LogP) is 3.76. The Morgan fingerprint density at radius 1 is 1.14 bits per heavy atom. The smallest absolute Gasteiger partial charge is 0.331 e. The summed E-state index contributed by atoms with van der Waals surface area (Å²) in [5.41, 5.74) is -0.915. The van der Waals surface area contributed by atoms with Crippen LogP contribution in [0.25, 0.3) is 0 Å². The van der Waals surface area contributed by atoms with Crippen molar-refractivity contribution in [3.63, 3.8) is 0 Å². The molecule has 7 heteroatoms. The van der Waals surface area contributed by atoms with Crippen LogP contribution in [0.1, 0.15) is 80.1 Å². The number of aliphatic hydroxyl groups is 3. The molecule has 7 nitrogen and oxygen atoms in total. The van der Waals surface area contributed by atoms with Crippen molar-refractivity contribution in [2.24, 2.45) is 33.5 Å². The van der Waals surface area contributed by atoms with E-state index in [1.807, 2.05) is 27.7 Å². The first kappa shape index (κ1) is 27.9. The minimum atomic E-state index is -1.11. The van der Waals surface area contributed by atoms with Gasteiger partial charge in [-0.25, -0.2) is 4.79 Å². The van der Waals surface area contributed by atoms with E-state index >= 15 is 0 Å². The number of rotatable bonds is 5. The van der Waals surface area contributed by atoms with Crippen molar-refractivity contribution in [1.29, 1.82) is 0 Å². The van der Waals surface area contributed by atoms with Crippen LogP contribution in [0.2, 0.25) is 0 Å². The van der Waals surface area contributed by atoms with Crippen LogP contribution in [-0.2, 0) is 14.4 Å². The van der Waals surface area contributed by atoms with E-state index in [0.717, 1.165) is 0 Å². The number of Topliss-reactive ketones (excluding diaryl/α,β-unsaturated/α-hetero) is 2. The topological polar surface area (TPSA) is 132 Å². The molecule has 4 rings (SSSR count). The number of carbonyl (C=O) groups excluding carboxylic acids is 2. The second-order valence-corrected chi connectivity index (χ2v) is 13.3. The summed E-state index contributed by atoms with van der Waals surface area (Å²) in [6.07, 6.45) is 0.384. The lowest BCUT2D eigenvalue weighted by atomic mass is 9.42. The summed E-state index contributed by atoms with van der Waals surface area (Å²) in [6.45, 7) is 15.4. The Bertz CT molecular complexity index is 1130. The van der Waals surface area contributed by atoms with E-state index in [2.05, 4.69) is 13.5 Å². The molecule has 0 aromatic rings. The third-order valence-electron chi connectivity index (χ3n) is 11.1. The molecule has 0 aromatic carbocycles. The van der Waals surface area contributed by atoms with Crippen molar-refractivity contribution in [3.05, 3.63) is 34.9 Å². The molecule has 0 radical (unpaired) electrons. The number of carboxylic acids is 1. The van der Waals surface area contributed by atoms with E-state index in [-0.39, 0.29) is 41.8 Å². The first-order valence-electron chi connectivity index (χ1n) is 13.4. The molecule has 204 valence electrons. The summed E-state index contributed by atoms with van der Waals surface area (Å²) in [5, 5.41) is 42.8. The van der Waals surface area contributed by atoms with Crippen LogP contribution >= 0.6 is 0 Å². The van der Waals surface area contributed by atoms with Crippen LogP contribution in [0.5, 0.6) is 0 Å². The summed E-state index contributed by atoms with van der Waals surface area (Å²) in [4.78, 5) is 38.0. The zero-order valence-electron chi connectivity index (χ0n) is 22.9. The van der Waals surface area contributed by atoms with Gasteiger partial charge in [0.15, 0.2) is 5.78 Å². The molecule has 0 amide bonds. The molecule has 4 N–H and O–H groups in total. The van der Waals surface area contributed by atoms with Crippen molar-refractivity contribution in [2.45, 2.75) is 98.4 Å². The normalized spacial score (nSPS) is 42.1. The standard InChI is InChI=1S/C30H42O7/c1-15(10-17(31)11-16(2)26(36)37)18-12-23(35)30(7)25-19(32)13-21-27(3,4)22(34)8-9-28(21,5)24(25)20(33)14-29(18,30)6/h11,17-19,21,23,31-32,35H,1,8-10,12-14H2,2-7H3,(H,36,37). The number of aliphatic hydroxyl groups excluding tert-OH is 3. The fraction of sp³-hybridized carbons (Fsp3) is 0.700. The van der Waals surface area contributed by atoms with Crippen molar-refractivity contribution >= 4 is 17.5 Å². The highest BCUT2D eigenvalue weighted by molar-refractivity contribution is 6.01. The van der Waals surface area contributed by atoms with Gasteiger partial charge in [0.2, 0.25) is 0 Å². The predicted molar refractivity (Wildman–Crippen MR) is 138 cm³/mol. The maximum absolute atomic E-state index is 14.0. The molecular weight excluding hydrogens is 472 g/mol. The molecule has 8 unspecified atom stereocenters. The Labute approximate surface area is 219 Å². The summed E-state index contributed by atoms with van der Waals surface area (Å²) in [7, 11) is 0. The third kappa shape index (κ3) is 3.75. The number of aliphatic carboxylic acids is 1. The average molecular weight is 515 g/mol. The highest BCUT2D eigenvalue weighted by Gasteiger charge is 2.69. The van der Waals surface area contributed by atoms with Crippen LogP contribution < -0.4 is 0 Å². The van der Waals surface area contributed by atoms with Crippen LogP contribution in [0.15, 0.2) is 34.9 Å². The fourth-order valence-corrected chi connectivity index (χ4v) is 8.73. The monoisotopic (exact) mass is 514 g/mol. The molecule has 0 saturated heterocycles. The second-order valence-electron chi connectivity index (χ2n) is 13.3. The van der Waals surface area contributed by atoms with Crippen LogP contribution in [0, 0.1) is 33.5 Å². The third-order valence-corrected chi connectivity index (χ3v) is 11.1. The van der Waals surface area contributed by atoms with E-state index in [4.69, 9.17) is 5.11 Å². The van der Waals surface area contributed by atoms with E-state index in [9.17, 15) is 29.7 Å². The second kappa shape index (κ2) is 8.72. The number of allylic oxidation sites excluding steroid dienone is 1. The maximum Gasteiger partial charge on any atom is 0.331 e. The van der Waals surface area contributed by atoms with Gasteiger partial charge in [0.25, 0.3) is 0 Å². The number of fused-ring (bicyclic) bond motifs is 4. The van der Waals surface area contributed by atoms with Gasteiger partial charge in [0, 0.05) is 40.2 Å². The molecule has 8 atom stereocenters. The van der Waals surface area contributed by atoms with Gasteiger partial charge in [-0.2, -0.15) is 0 Å². The van der Waals surface area contributed by atoms with Gasteiger partial charge < -0.3 is 20.4 Å². The lowest BCUT2D eigenvalue weighted by Gasteiger charge is -2.61. The molecular formula is C30H42O7. The number of hydrogen-bond acceptors (Lipinski definition) is 6. The maximum atomic E-state index is 14.0. The van der Waals surface area contributed by atoms with Gasteiger partial charge in [-0.15, -0.1) is 0 Å². The number of ketones is 2. The minimum Gasteiger partial charge on any atom is -0.478 e. The number of hydrogen-bond donors (Lipinski definition) is 4. The Balaban J connectivity index is 1.77. The first-order chi connectivity index (χ1) is 16.9. The highest BCUT2D eigenvalue weighted by Crippen LogP contribution is 2.71. The Hall–Kier alpha value is -2.09. The van der Waals surface area contributed by atoms with E-state index in [0.29, 0.717) is 42.4 Å². The molecule has 2 saturated carbocycles. The van der Waals surface area contributed by atoms with Crippen LogP contribution in [0.3, 0.4) is 0 Å². The summed E-state index contributed by atoms with van der Waals surface area (Å²) in [5.74, 6) is -1.46. The largest absolute Gasteiger partial charge is 0.478 e.